The Labute approximate surface area is 292 Å². The highest BCUT2D eigenvalue weighted by atomic mass is 35.5. The van der Waals surface area contributed by atoms with Gasteiger partial charge in [-0.1, -0.05) is 60.2 Å². The summed E-state index contributed by atoms with van der Waals surface area (Å²) in [4.78, 5) is 14.4. The number of aromatic nitrogens is 8. The predicted octanol–water partition coefficient (Wildman–Crippen LogP) is 7.18. The minimum absolute atomic E-state index is 0.239. The van der Waals surface area contributed by atoms with Gasteiger partial charge in [0, 0.05) is 34.5 Å². The topological polar surface area (TPSA) is 200 Å². The standard InChI is InChI=1S/C10H11N5.C9H8N2O.C8H7ClO2.C8H7N3O/c11-9-3-1-2-8(13-9)10-14-12-6-15(10)7-4-5-7;1-7-3-2-4-8(5-7)9-11-10-6-12-9;9-8(10)11-6-7-4-2-1-3-5-7;9-7-3-1-2-6(4-7)8-11-10-5-12-8/h1-3,6-7H,4-5H2,(H2,11,13);2-6H,1H3;1-5H,6H2;1-5H,9H2. The molecule has 254 valence electrons. The van der Waals surface area contributed by atoms with Crippen LogP contribution in [-0.2, 0) is 11.3 Å². The summed E-state index contributed by atoms with van der Waals surface area (Å²) >= 11 is 4.97. The van der Waals surface area contributed by atoms with Crippen LogP contribution in [0.4, 0.5) is 16.3 Å². The summed E-state index contributed by atoms with van der Waals surface area (Å²) in [6.07, 6.45) is 6.79. The molecule has 0 atom stereocenters. The molecule has 50 heavy (non-hydrogen) atoms. The van der Waals surface area contributed by atoms with Gasteiger partial charge in [0.25, 0.3) is 0 Å². The number of ether oxygens (including phenoxy) is 1. The summed E-state index contributed by atoms with van der Waals surface area (Å²) in [7, 11) is 0. The molecule has 0 bridgehead atoms. The molecular formula is C35H33ClN10O4. The number of pyridine rings is 1. The Morgan fingerprint density at radius 3 is 2.06 bits per heavy atom. The number of nitrogen functional groups attached to an aromatic ring is 2. The number of anilines is 2. The molecule has 7 aromatic rings. The molecular weight excluding hydrogens is 660 g/mol. The Hall–Kier alpha value is -6.41. The molecule has 0 unspecified atom stereocenters. The Balaban J connectivity index is 0.000000131. The minimum Gasteiger partial charge on any atom is -0.449 e. The van der Waals surface area contributed by atoms with E-state index in [0.29, 0.717) is 29.3 Å². The smallest absolute Gasteiger partial charge is 0.404 e. The first-order valence-corrected chi connectivity index (χ1v) is 15.7. The van der Waals surface area contributed by atoms with Crippen LogP contribution in [0.2, 0.25) is 0 Å². The highest BCUT2D eigenvalue weighted by Gasteiger charge is 2.26. The van der Waals surface area contributed by atoms with Gasteiger partial charge in [0.05, 0.1) is 0 Å². The lowest BCUT2D eigenvalue weighted by Gasteiger charge is -2.03. The minimum atomic E-state index is -0.770. The third-order valence-corrected chi connectivity index (χ3v) is 6.94. The van der Waals surface area contributed by atoms with Gasteiger partial charge < -0.3 is 29.6 Å². The highest BCUT2D eigenvalue weighted by molar-refractivity contribution is 6.61. The van der Waals surface area contributed by atoms with E-state index in [1.165, 1.54) is 31.2 Å². The van der Waals surface area contributed by atoms with Crippen molar-refractivity contribution >= 4 is 28.5 Å². The van der Waals surface area contributed by atoms with Crippen molar-refractivity contribution in [2.24, 2.45) is 0 Å². The van der Waals surface area contributed by atoms with E-state index < -0.39 is 5.43 Å². The second-order valence-electron chi connectivity index (χ2n) is 10.7. The van der Waals surface area contributed by atoms with Crippen LogP contribution in [0.15, 0.2) is 125 Å². The van der Waals surface area contributed by atoms with Crippen molar-refractivity contribution in [3.63, 3.8) is 0 Å². The fraction of sp³-hybridized carbons (Fsp3) is 0.143. The van der Waals surface area contributed by atoms with Crippen LogP contribution < -0.4 is 11.5 Å². The van der Waals surface area contributed by atoms with E-state index in [1.54, 1.807) is 24.5 Å². The van der Waals surface area contributed by atoms with Crippen molar-refractivity contribution in [2.45, 2.75) is 32.4 Å². The molecule has 8 rings (SSSR count). The molecule has 4 heterocycles. The summed E-state index contributed by atoms with van der Waals surface area (Å²) in [6.45, 7) is 2.27. The molecule has 0 spiro atoms. The molecule has 1 saturated carbocycles. The van der Waals surface area contributed by atoms with Gasteiger partial charge in [0.1, 0.15) is 24.4 Å². The van der Waals surface area contributed by atoms with E-state index in [4.69, 9.17) is 31.9 Å². The van der Waals surface area contributed by atoms with E-state index in [0.717, 1.165) is 28.2 Å². The number of nitrogens with two attached hydrogens (primary N) is 2. The monoisotopic (exact) mass is 692 g/mol. The van der Waals surface area contributed by atoms with Crippen molar-refractivity contribution in [1.29, 1.82) is 0 Å². The fourth-order valence-corrected chi connectivity index (χ4v) is 4.44. The first-order valence-electron chi connectivity index (χ1n) is 15.3. The average molecular weight is 693 g/mol. The van der Waals surface area contributed by atoms with Gasteiger partial charge in [0.2, 0.25) is 24.6 Å². The normalized spacial score (nSPS) is 11.5. The predicted molar refractivity (Wildman–Crippen MR) is 187 cm³/mol. The summed E-state index contributed by atoms with van der Waals surface area (Å²) in [5.74, 6) is 2.38. The molecule has 4 aromatic heterocycles. The summed E-state index contributed by atoms with van der Waals surface area (Å²) in [6, 6.07) is 30.7. The molecule has 3 aromatic carbocycles. The summed E-state index contributed by atoms with van der Waals surface area (Å²) in [5.41, 5.74) is 15.8. The number of carbonyl (C=O) groups excluding carboxylic acids is 1. The van der Waals surface area contributed by atoms with E-state index in [9.17, 15) is 4.79 Å². The van der Waals surface area contributed by atoms with Crippen LogP contribution in [0, 0.1) is 6.92 Å². The number of benzene rings is 3. The second kappa shape index (κ2) is 17.7. The van der Waals surface area contributed by atoms with E-state index in [2.05, 4.69) is 44.9 Å². The van der Waals surface area contributed by atoms with Crippen molar-refractivity contribution in [3.8, 4) is 34.4 Å². The van der Waals surface area contributed by atoms with Crippen LogP contribution in [0.5, 0.6) is 0 Å². The fourth-order valence-electron chi connectivity index (χ4n) is 4.38. The lowest BCUT2D eigenvalue weighted by Crippen LogP contribution is -1.99. The first-order chi connectivity index (χ1) is 24.4. The van der Waals surface area contributed by atoms with Gasteiger partial charge in [-0.15, -0.1) is 30.6 Å². The molecule has 1 aliphatic carbocycles. The molecule has 0 saturated heterocycles. The van der Waals surface area contributed by atoms with E-state index in [-0.39, 0.29) is 6.61 Å². The van der Waals surface area contributed by atoms with Crippen LogP contribution in [-0.4, -0.2) is 45.6 Å². The van der Waals surface area contributed by atoms with Crippen LogP contribution >= 0.6 is 11.6 Å². The van der Waals surface area contributed by atoms with Crippen molar-refractivity contribution in [1.82, 2.24) is 40.1 Å². The quantitative estimate of drug-likeness (QED) is 0.131. The SMILES string of the molecule is Cc1cccc(-c2nnco2)c1.Nc1cccc(-c2nncn2C2CC2)n1.Nc1cccc(-c2nnco2)c1.O=C(Cl)OCc1ccccc1. The van der Waals surface area contributed by atoms with Crippen LogP contribution in [0.1, 0.15) is 30.0 Å². The van der Waals surface area contributed by atoms with Crippen molar-refractivity contribution in [3.05, 3.63) is 127 Å². The third kappa shape index (κ3) is 10.8. The molecule has 1 aliphatic rings. The Bertz CT molecular complexity index is 1980. The lowest BCUT2D eigenvalue weighted by molar-refractivity contribution is 0.167. The van der Waals surface area contributed by atoms with E-state index in [1.807, 2.05) is 85.8 Å². The summed E-state index contributed by atoms with van der Waals surface area (Å²) in [5, 5.41) is 22.8. The van der Waals surface area contributed by atoms with Gasteiger partial charge in [-0.05, 0) is 67.8 Å². The molecule has 1 fully saturated rings. The Kier molecular flexibility index (Phi) is 12.3. The zero-order valence-corrected chi connectivity index (χ0v) is 27.7. The maximum Gasteiger partial charge on any atom is 0.404 e. The number of aryl methyl sites for hydroxylation is 1. The number of hydrogen-bond acceptors (Lipinski definition) is 13. The third-order valence-electron chi connectivity index (χ3n) is 6.83. The van der Waals surface area contributed by atoms with Gasteiger partial charge in [0.15, 0.2) is 5.82 Å². The van der Waals surface area contributed by atoms with E-state index >= 15 is 0 Å². The maximum atomic E-state index is 10.2. The Morgan fingerprint density at radius 2 is 1.48 bits per heavy atom. The maximum absolute atomic E-state index is 10.2. The largest absolute Gasteiger partial charge is 0.449 e. The van der Waals surface area contributed by atoms with Crippen molar-refractivity contribution < 1.29 is 18.4 Å². The molecule has 14 nitrogen and oxygen atoms in total. The molecule has 0 amide bonds. The van der Waals surface area contributed by atoms with Gasteiger partial charge >= 0.3 is 5.43 Å². The second-order valence-corrected chi connectivity index (χ2v) is 11.0. The summed E-state index contributed by atoms with van der Waals surface area (Å²) < 4.78 is 16.7. The molecule has 0 aliphatic heterocycles. The lowest BCUT2D eigenvalue weighted by atomic mass is 10.1. The number of hydrogen-bond donors (Lipinski definition) is 2. The zero-order chi connectivity index (χ0) is 35.1. The van der Waals surface area contributed by atoms with Crippen molar-refractivity contribution in [2.75, 3.05) is 11.5 Å². The number of nitrogens with zero attached hydrogens (tertiary/aromatic N) is 8. The molecule has 15 heteroatoms. The average Bonchev–Trinajstić information content (AvgIpc) is 3.53. The first kappa shape index (κ1) is 34.9. The highest BCUT2D eigenvalue weighted by Crippen LogP contribution is 2.37. The molecule has 0 radical (unpaired) electrons. The number of carbonyl (C=O) groups is 1. The van der Waals surface area contributed by atoms with Gasteiger partial charge in [-0.3, -0.25) is 0 Å². The molecule has 4 N–H and O–H groups in total. The number of rotatable bonds is 6. The van der Waals surface area contributed by atoms with Gasteiger partial charge in [-0.25, -0.2) is 9.78 Å². The number of halogens is 1. The zero-order valence-electron chi connectivity index (χ0n) is 26.9. The van der Waals surface area contributed by atoms with Crippen LogP contribution in [0.3, 0.4) is 0 Å². The Morgan fingerprint density at radius 1 is 0.820 bits per heavy atom. The van der Waals surface area contributed by atoms with Crippen LogP contribution in [0.25, 0.3) is 34.4 Å². The van der Waals surface area contributed by atoms with Gasteiger partial charge in [-0.2, -0.15) is 0 Å².